The molecule has 0 saturated carbocycles. The van der Waals surface area contributed by atoms with Crippen molar-refractivity contribution in [2.24, 2.45) is 5.10 Å². The Bertz CT molecular complexity index is 1210. The molecule has 0 bridgehead atoms. The second-order valence-corrected chi connectivity index (χ2v) is 10.1. The summed E-state index contributed by atoms with van der Waals surface area (Å²) in [6.45, 7) is 1.54. The first-order valence-electron chi connectivity index (χ1n) is 10.0. The van der Waals surface area contributed by atoms with Crippen molar-refractivity contribution in [1.82, 2.24) is 9.73 Å². The van der Waals surface area contributed by atoms with Crippen LogP contribution in [0.3, 0.4) is 0 Å². The SMILES string of the molecule is COc1ccc(/C=N\NC(=O)CN(Cc2ccc(Br)cc2)S(=O)(=O)c2ccc(C)cc2)cc1. The van der Waals surface area contributed by atoms with Gasteiger partial charge in [0.05, 0.1) is 24.8 Å². The molecule has 0 aliphatic heterocycles. The maximum Gasteiger partial charge on any atom is 0.255 e. The van der Waals surface area contributed by atoms with Crippen LogP contribution in [0, 0.1) is 6.92 Å². The Kier molecular flexibility index (Phi) is 8.37. The van der Waals surface area contributed by atoms with Crippen LogP contribution in [0.1, 0.15) is 16.7 Å². The van der Waals surface area contributed by atoms with Crippen molar-refractivity contribution in [3.8, 4) is 5.75 Å². The molecule has 3 rings (SSSR count). The third kappa shape index (κ3) is 6.98. The largest absolute Gasteiger partial charge is 0.497 e. The number of benzene rings is 3. The van der Waals surface area contributed by atoms with Crippen LogP contribution in [-0.4, -0.2) is 38.5 Å². The maximum absolute atomic E-state index is 13.3. The normalized spacial score (nSPS) is 11.6. The van der Waals surface area contributed by atoms with E-state index in [1.165, 1.54) is 6.21 Å². The van der Waals surface area contributed by atoms with E-state index in [9.17, 15) is 13.2 Å². The molecule has 3 aromatic rings. The van der Waals surface area contributed by atoms with E-state index in [2.05, 4.69) is 26.5 Å². The number of aryl methyl sites for hydroxylation is 1. The fourth-order valence-electron chi connectivity index (χ4n) is 2.94. The molecule has 1 amide bonds. The molecular weight excluding hydrogens is 506 g/mol. The Labute approximate surface area is 202 Å². The molecule has 0 heterocycles. The highest BCUT2D eigenvalue weighted by atomic mass is 79.9. The van der Waals surface area contributed by atoms with E-state index in [1.54, 1.807) is 55.6 Å². The van der Waals surface area contributed by atoms with Gasteiger partial charge in [0.25, 0.3) is 5.91 Å². The minimum absolute atomic E-state index is 0.0408. The number of ether oxygens (including phenoxy) is 1. The molecule has 0 atom stereocenters. The highest BCUT2D eigenvalue weighted by Crippen LogP contribution is 2.20. The second kappa shape index (κ2) is 11.2. The molecule has 1 N–H and O–H groups in total. The average Bonchev–Trinajstić information content (AvgIpc) is 2.81. The number of carbonyl (C=O) groups is 1. The summed E-state index contributed by atoms with van der Waals surface area (Å²) in [6.07, 6.45) is 1.48. The average molecular weight is 530 g/mol. The summed E-state index contributed by atoms with van der Waals surface area (Å²) in [6, 6.07) is 20.9. The lowest BCUT2D eigenvalue weighted by Crippen LogP contribution is -2.39. The van der Waals surface area contributed by atoms with Crippen LogP contribution in [0.5, 0.6) is 5.75 Å². The molecule has 0 saturated heterocycles. The quantitative estimate of drug-likeness (QED) is 0.333. The van der Waals surface area contributed by atoms with Crippen LogP contribution >= 0.6 is 15.9 Å². The lowest BCUT2D eigenvalue weighted by Gasteiger charge is -2.21. The number of amides is 1. The Morgan fingerprint density at radius 1 is 1.03 bits per heavy atom. The molecule has 9 heteroatoms. The zero-order valence-electron chi connectivity index (χ0n) is 18.2. The van der Waals surface area contributed by atoms with Gasteiger partial charge in [0.2, 0.25) is 10.0 Å². The number of hydrazone groups is 1. The van der Waals surface area contributed by atoms with Gasteiger partial charge in [0.15, 0.2) is 0 Å². The summed E-state index contributed by atoms with van der Waals surface area (Å²) < 4.78 is 33.7. The van der Waals surface area contributed by atoms with Gasteiger partial charge < -0.3 is 4.74 Å². The van der Waals surface area contributed by atoms with Crippen LogP contribution in [0.2, 0.25) is 0 Å². The van der Waals surface area contributed by atoms with Crippen LogP contribution in [0.25, 0.3) is 0 Å². The van der Waals surface area contributed by atoms with Crippen molar-refractivity contribution in [3.63, 3.8) is 0 Å². The number of sulfonamides is 1. The van der Waals surface area contributed by atoms with E-state index in [4.69, 9.17) is 4.74 Å². The lowest BCUT2D eigenvalue weighted by molar-refractivity contribution is -0.121. The zero-order chi connectivity index (χ0) is 23.8. The molecule has 7 nitrogen and oxygen atoms in total. The molecule has 0 aliphatic carbocycles. The van der Waals surface area contributed by atoms with Gasteiger partial charge in [-0.2, -0.15) is 9.41 Å². The Balaban J connectivity index is 1.76. The third-order valence-electron chi connectivity index (χ3n) is 4.77. The molecule has 0 spiro atoms. The molecule has 3 aromatic carbocycles. The van der Waals surface area contributed by atoms with Crippen molar-refractivity contribution in [2.75, 3.05) is 13.7 Å². The number of hydrogen-bond acceptors (Lipinski definition) is 5. The van der Waals surface area contributed by atoms with Crippen LogP contribution < -0.4 is 10.2 Å². The van der Waals surface area contributed by atoms with E-state index >= 15 is 0 Å². The van der Waals surface area contributed by atoms with E-state index in [-0.39, 0.29) is 18.0 Å². The molecule has 33 heavy (non-hydrogen) atoms. The number of hydrogen-bond donors (Lipinski definition) is 1. The fraction of sp³-hybridized carbons (Fsp3) is 0.167. The Morgan fingerprint density at radius 2 is 1.67 bits per heavy atom. The third-order valence-corrected chi connectivity index (χ3v) is 7.10. The minimum Gasteiger partial charge on any atom is -0.497 e. The summed E-state index contributed by atoms with van der Waals surface area (Å²) in [5.41, 5.74) is 4.86. The van der Waals surface area contributed by atoms with Crippen molar-refractivity contribution in [2.45, 2.75) is 18.4 Å². The van der Waals surface area contributed by atoms with Crippen molar-refractivity contribution in [3.05, 3.63) is 94.0 Å². The Hall–Kier alpha value is -3.01. The van der Waals surface area contributed by atoms with Gasteiger partial charge in [-0.1, -0.05) is 45.8 Å². The van der Waals surface area contributed by atoms with Gasteiger partial charge in [-0.15, -0.1) is 0 Å². The molecule has 0 aromatic heterocycles. The standard InChI is InChI=1S/C24H24BrN3O4S/c1-18-3-13-23(14-4-18)33(30,31)28(16-20-5-9-21(25)10-6-20)17-24(29)27-26-15-19-7-11-22(32-2)12-8-19/h3-15H,16-17H2,1-2H3,(H,27,29)/b26-15-. The second-order valence-electron chi connectivity index (χ2n) is 7.28. The maximum atomic E-state index is 13.3. The number of halogens is 1. The van der Waals surface area contributed by atoms with Crippen LogP contribution in [0.15, 0.2) is 87.3 Å². The van der Waals surface area contributed by atoms with Gasteiger partial charge in [-0.05, 0) is 66.6 Å². The first kappa shape index (κ1) is 24.6. The van der Waals surface area contributed by atoms with Crippen molar-refractivity contribution in [1.29, 1.82) is 0 Å². The summed E-state index contributed by atoms with van der Waals surface area (Å²) in [5.74, 6) is 0.161. The van der Waals surface area contributed by atoms with Crippen LogP contribution in [-0.2, 0) is 21.4 Å². The monoisotopic (exact) mass is 529 g/mol. The predicted molar refractivity (Wildman–Crippen MR) is 132 cm³/mol. The first-order chi connectivity index (χ1) is 15.8. The van der Waals surface area contributed by atoms with Gasteiger partial charge >= 0.3 is 0 Å². The van der Waals surface area contributed by atoms with Gasteiger partial charge in [-0.25, -0.2) is 13.8 Å². The van der Waals surface area contributed by atoms with Crippen LogP contribution in [0.4, 0.5) is 0 Å². The molecular formula is C24H24BrN3O4S. The molecule has 0 radical (unpaired) electrons. The molecule has 172 valence electrons. The number of nitrogens with one attached hydrogen (secondary N) is 1. The lowest BCUT2D eigenvalue weighted by atomic mass is 10.2. The summed E-state index contributed by atoms with van der Waals surface area (Å²) in [5, 5.41) is 3.94. The molecule has 0 fully saturated rings. The van der Waals surface area contributed by atoms with E-state index < -0.39 is 15.9 Å². The highest BCUT2D eigenvalue weighted by molar-refractivity contribution is 9.10. The number of nitrogens with zero attached hydrogens (tertiary/aromatic N) is 2. The number of rotatable bonds is 9. The first-order valence-corrected chi connectivity index (χ1v) is 12.3. The Morgan fingerprint density at radius 3 is 2.27 bits per heavy atom. The summed E-state index contributed by atoms with van der Waals surface area (Å²) in [4.78, 5) is 12.7. The predicted octanol–water partition coefficient (Wildman–Crippen LogP) is 4.11. The van der Waals surface area contributed by atoms with Gasteiger partial charge in [-0.3, -0.25) is 4.79 Å². The summed E-state index contributed by atoms with van der Waals surface area (Å²) in [7, 11) is -2.33. The minimum atomic E-state index is -3.91. The summed E-state index contributed by atoms with van der Waals surface area (Å²) >= 11 is 3.37. The highest BCUT2D eigenvalue weighted by Gasteiger charge is 2.27. The van der Waals surface area contributed by atoms with Crippen molar-refractivity contribution < 1.29 is 17.9 Å². The van der Waals surface area contributed by atoms with Crippen molar-refractivity contribution >= 4 is 38.1 Å². The number of methoxy groups -OCH3 is 1. The topological polar surface area (TPSA) is 88.1 Å². The van der Waals surface area contributed by atoms with Gasteiger partial charge in [0, 0.05) is 11.0 Å². The zero-order valence-corrected chi connectivity index (χ0v) is 20.6. The molecule has 0 unspecified atom stereocenters. The molecule has 0 aliphatic rings. The van der Waals surface area contributed by atoms with E-state index in [0.717, 1.165) is 25.5 Å². The number of carbonyl (C=O) groups excluding carboxylic acids is 1. The van der Waals surface area contributed by atoms with E-state index in [0.29, 0.717) is 5.75 Å². The van der Waals surface area contributed by atoms with E-state index in [1.807, 2.05) is 31.2 Å². The smallest absolute Gasteiger partial charge is 0.255 e. The van der Waals surface area contributed by atoms with Gasteiger partial charge in [0.1, 0.15) is 5.75 Å². The fourth-order valence-corrected chi connectivity index (χ4v) is 4.59.